The van der Waals surface area contributed by atoms with Gasteiger partial charge in [0.2, 0.25) is 0 Å². The molecular formula is C15H16N2O3S. The molecule has 1 atom stereocenters. The van der Waals surface area contributed by atoms with Crippen molar-refractivity contribution in [3.05, 3.63) is 51.0 Å². The van der Waals surface area contributed by atoms with E-state index in [0.717, 1.165) is 11.1 Å². The summed E-state index contributed by atoms with van der Waals surface area (Å²) < 4.78 is 0. The normalized spacial score (nSPS) is 12.0. The number of carbonyl (C=O) groups is 2. The third-order valence-electron chi connectivity index (χ3n) is 3.23. The van der Waals surface area contributed by atoms with E-state index in [0.29, 0.717) is 10.6 Å². The highest BCUT2D eigenvalue weighted by molar-refractivity contribution is 7.09. The van der Waals surface area contributed by atoms with Gasteiger partial charge in [0.15, 0.2) is 5.69 Å². The number of aromatic nitrogens is 1. The molecule has 0 spiro atoms. The van der Waals surface area contributed by atoms with Gasteiger partial charge in [-0.3, -0.25) is 4.79 Å². The van der Waals surface area contributed by atoms with Crippen molar-refractivity contribution in [2.24, 2.45) is 0 Å². The molecule has 1 heterocycles. The summed E-state index contributed by atoms with van der Waals surface area (Å²) in [5, 5.41) is 13.7. The maximum Gasteiger partial charge on any atom is 0.355 e. The smallest absolute Gasteiger partial charge is 0.355 e. The van der Waals surface area contributed by atoms with Gasteiger partial charge in [0.05, 0.1) is 6.04 Å². The van der Waals surface area contributed by atoms with Crippen molar-refractivity contribution in [2.75, 3.05) is 0 Å². The Balaban J connectivity index is 2.10. The number of rotatable bonds is 4. The standard InChI is InChI=1S/C15H16N2O3S/c1-8-4-5-11(6-9(8)2)13(18)16-10(3)14-17-12(7-21-14)15(19)20/h4-7,10H,1-3H3,(H,16,18)(H,19,20). The summed E-state index contributed by atoms with van der Waals surface area (Å²) in [4.78, 5) is 27.0. The minimum Gasteiger partial charge on any atom is -0.476 e. The number of carbonyl (C=O) groups excluding carboxylic acids is 1. The lowest BCUT2D eigenvalue weighted by Gasteiger charge is -2.12. The predicted octanol–water partition coefficient (Wildman–Crippen LogP) is 2.95. The Labute approximate surface area is 126 Å². The molecule has 0 radical (unpaired) electrons. The van der Waals surface area contributed by atoms with Crippen molar-refractivity contribution in [1.82, 2.24) is 10.3 Å². The first kappa shape index (κ1) is 15.2. The number of hydrogen-bond acceptors (Lipinski definition) is 4. The van der Waals surface area contributed by atoms with Crippen LogP contribution < -0.4 is 5.32 Å². The van der Waals surface area contributed by atoms with Gasteiger partial charge >= 0.3 is 5.97 Å². The average Bonchev–Trinajstić information content (AvgIpc) is 2.91. The molecule has 2 aromatic rings. The summed E-state index contributed by atoms with van der Waals surface area (Å²) in [6.07, 6.45) is 0. The van der Waals surface area contributed by atoms with E-state index in [1.807, 2.05) is 26.0 Å². The third kappa shape index (κ3) is 3.46. The Morgan fingerprint density at radius 3 is 2.57 bits per heavy atom. The lowest BCUT2D eigenvalue weighted by molar-refractivity contribution is 0.0691. The topological polar surface area (TPSA) is 79.3 Å². The molecule has 5 nitrogen and oxygen atoms in total. The first-order valence-electron chi connectivity index (χ1n) is 6.45. The van der Waals surface area contributed by atoms with E-state index in [4.69, 9.17) is 5.11 Å². The van der Waals surface area contributed by atoms with Crippen molar-refractivity contribution in [3.8, 4) is 0 Å². The maximum atomic E-state index is 12.2. The van der Waals surface area contributed by atoms with Crippen LogP contribution in [-0.2, 0) is 0 Å². The molecule has 1 amide bonds. The Morgan fingerprint density at radius 2 is 2.00 bits per heavy atom. The van der Waals surface area contributed by atoms with Gasteiger partial charge in [-0.15, -0.1) is 11.3 Å². The molecular weight excluding hydrogens is 288 g/mol. The third-order valence-corrected chi connectivity index (χ3v) is 4.26. The number of carboxylic acid groups (broad SMARTS) is 1. The first-order valence-corrected chi connectivity index (χ1v) is 7.33. The van der Waals surface area contributed by atoms with Crippen LogP contribution in [0.1, 0.15) is 49.9 Å². The minimum atomic E-state index is -1.06. The molecule has 6 heteroatoms. The van der Waals surface area contributed by atoms with E-state index >= 15 is 0 Å². The fourth-order valence-corrected chi connectivity index (χ4v) is 2.61. The summed E-state index contributed by atoms with van der Waals surface area (Å²) in [7, 11) is 0. The zero-order chi connectivity index (χ0) is 15.6. The van der Waals surface area contributed by atoms with Crippen molar-refractivity contribution >= 4 is 23.2 Å². The van der Waals surface area contributed by atoms with Crippen molar-refractivity contribution < 1.29 is 14.7 Å². The van der Waals surface area contributed by atoms with Gasteiger partial charge < -0.3 is 10.4 Å². The fourth-order valence-electron chi connectivity index (χ4n) is 1.81. The van der Waals surface area contributed by atoms with Crippen LogP contribution in [0.4, 0.5) is 0 Å². The molecule has 0 aliphatic carbocycles. The molecule has 2 rings (SSSR count). The molecule has 21 heavy (non-hydrogen) atoms. The summed E-state index contributed by atoms with van der Waals surface area (Å²) in [5.41, 5.74) is 2.77. The number of thiazole rings is 1. The van der Waals surface area contributed by atoms with Crippen LogP contribution in [0.25, 0.3) is 0 Å². The Bertz CT molecular complexity index is 694. The zero-order valence-corrected chi connectivity index (χ0v) is 12.8. The van der Waals surface area contributed by atoms with Crippen LogP contribution in [-0.4, -0.2) is 22.0 Å². The first-order chi connectivity index (χ1) is 9.88. The maximum absolute atomic E-state index is 12.2. The molecule has 0 saturated heterocycles. The Kier molecular flexibility index (Phi) is 4.37. The number of nitrogens with zero attached hydrogens (tertiary/aromatic N) is 1. The van der Waals surface area contributed by atoms with E-state index in [9.17, 15) is 9.59 Å². The van der Waals surface area contributed by atoms with Gasteiger partial charge in [0, 0.05) is 10.9 Å². The highest BCUT2D eigenvalue weighted by atomic mass is 32.1. The number of amides is 1. The lowest BCUT2D eigenvalue weighted by atomic mass is 10.1. The number of benzene rings is 1. The number of carboxylic acids is 1. The van der Waals surface area contributed by atoms with Gasteiger partial charge in [-0.2, -0.15) is 0 Å². The van der Waals surface area contributed by atoms with E-state index in [-0.39, 0.29) is 17.6 Å². The zero-order valence-electron chi connectivity index (χ0n) is 12.0. The number of aromatic carboxylic acids is 1. The highest BCUT2D eigenvalue weighted by Gasteiger charge is 2.17. The largest absolute Gasteiger partial charge is 0.476 e. The van der Waals surface area contributed by atoms with Crippen LogP contribution in [0.5, 0.6) is 0 Å². The summed E-state index contributed by atoms with van der Waals surface area (Å²) >= 11 is 1.22. The predicted molar refractivity (Wildman–Crippen MR) is 80.9 cm³/mol. The highest BCUT2D eigenvalue weighted by Crippen LogP contribution is 2.19. The molecule has 2 N–H and O–H groups in total. The SMILES string of the molecule is Cc1ccc(C(=O)NC(C)c2nc(C(=O)O)cs2)cc1C. The number of hydrogen-bond donors (Lipinski definition) is 2. The van der Waals surface area contributed by atoms with Gasteiger partial charge in [-0.25, -0.2) is 9.78 Å². The van der Waals surface area contributed by atoms with E-state index in [1.54, 1.807) is 13.0 Å². The van der Waals surface area contributed by atoms with Crippen LogP contribution >= 0.6 is 11.3 Å². The van der Waals surface area contributed by atoms with Gasteiger partial charge in [-0.05, 0) is 44.0 Å². The number of aryl methyl sites for hydroxylation is 2. The van der Waals surface area contributed by atoms with Gasteiger partial charge in [-0.1, -0.05) is 6.07 Å². The van der Waals surface area contributed by atoms with Crippen molar-refractivity contribution in [2.45, 2.75) is 26.8 Å². The molecule has 0 fully saturated rings. The van der Waals surface area contributed by atoms with E-state index in [2.05, 4.69) is 10.3 Å². The van der Waals surface area contributed by atoms with Gasteiger partial charge in [0.25, 0.3) is 5.91 Å². The fraction of sp³-hybridized carbons (Fsp3) is 0.267. The van der Waals surface area contributed by atoms with E-state index < -0.39 is 5.97 Å². The molecule has 1 unspecified atom stereocenters. The molecule has 0 bridgehead atoms. The second-order valence-corrected chi connectivity index (χ2v) is 5.76. The molecule has 1 aromatic carbocycles. The van der Waals surface area contributed by atoms with Gasteiger partial charge in [0.1, 0.15) is 5.01 Å². The van der Waals surface area contributed by atoms with Crippen molar-refractivity contribution in [1.29, 1.82) is 0 Å². The summed E-state index contributed by atoms with van der Waals surface area (Å²) in [6.45, 7) is 5.72. The van der Waals surface area contributed by atoms with Crippen LogP contribution in [0.2, 0.25) is 0 Å². The van der Waals surface area contributed by atoms with Crippen LogP contribution in [0.3, 0.4) is 0 Å². The summed E-state index contributed by atoms with van der Waals surface area (Å²) in [5.74, 6) is -1.26. The molecule has 1 aromatic heterocycles. The molecule has 0 saturated carbocycles. The van der Waals surface area contributed by atoms with Crippen molar-refractivity contribution in [3.63, 3.8) is 0 Å². The molecule has 110 valence electrons. The average molecular weight is 304 g/mol. The van der Waals surface area contributed by atoms with Crippen LogP contribution in [0, 0.1) is 13.8 Å². The lowest BCUT2D eigenvalue weighted by Crippen LogP contribution is -2.26. The monoisotopic (exact) mass is 304 g/mol. The molecule has 0 aliphatic heterocycles. The second-order valence-electron chi connectivity index (χ2n) is 4.87. The Hall–Kier alpha value is -2.21. The molecule has 0 aliphatic rings. The Morgan fingerprint density at radius 1 is 1.29 bits per heavy atom. The minimum absolute atomic E-state index is 0.00211. The van der Waals surface area contributed by atoms with E-state index in [1.165, 1.54) is 16.7 Å². The second kappa shape index (κ2) is 6.05. The summed E-state index contributed by atoms with van der Waals surface area (Å²) in [6, 6.07) is 5.18. The number of nitrogens with one attached hydrogen (secondary N) is 1. The quantitative estimate of drug-likeness (QED) is 0.910. The van der Waals surface area contributed by atoms with Crippen LogP contribution in [0.15, 0.2) is 23.6 Å².